The van der Waals surface area contributed by atoms with E-state index in [-0.39, 0.29) is 23.6 Å². The maximum atomic E-state index is 13.0. The highest BCUT2D eigenvalue weighted by Crippen LogP contribution is 2.19. The van der Waals surface area contributed by atoms with E-state index in [4.69, 9.17) is 4.74 Å². The fraction of sp³-hybridized carbons (Fsp3) is 0.130. The van der Waals surface area contributed by atoms with Gasteiger partial charge in [0, 0.05) is 18.8 Å². The van der Waals surface area contributed by atoms with Crippen molar-refractivity contribution in [3.8, 4) is 0 Å². The Labute approximate surface area is 168 Å². The Morgan fingerprint density at radius 1 is 0.931 bits per heavy atom. The second kappa shape index (κ2) is 8.93. The van der Waals surface area contributed by atoms with Gasteiger partial charge in [-0.25, -0.2) is 9.69 Å². The molecule has 0 saturated heterocycles. The van der Waals surface area contributed by atoms with Crippen molar-refractivity contribution in [3.05, 3.63) is 101 Å². The number of carbonyl (C=O) groups excluding carboxylic acids is 3. The Balaban J connectivity index is 1.82. The van der Waals surface area contributed by atoms with E-state index >= 15 is 0 Å². The number of ether oxygens (including phenoxy) is 1. The van der Waals surface area contributed by atoms with Crippen LogP contribution in [0.2, 0.25) is 0 Å². The van der Waals surface area contributed by atoms with Crippen molar-refractivity contribution >= 4 is 17.8 Å². The molecule has 0 atom stereocenters. The molecule has 3 aromatic rings. The fourth-order valence-electron chi connectivity index (χ4n) is 2.80. The van der Waals surface area contributed by atoms with Gasteiger partial charge in [-0.05, 0) is 24.1 Å². The van der Waals surface area contributed by atoms with E-state index in [1.807, 2.05) is 30.3 Å². The lowest BCUT2D eigenvalue weighted by molar-refractivity contribution is 0.0683. The first-order valence-electron chi connectivity index (χ1n) is 9.03. The van der Waals surface area contributed by atoms with Gasteiger partial charge in [-0.3, -0.25) is 14.6 Å². The van der Waals surface area contributed by atoms with Crippen molar-refractivity contribution in [2.75, 3.05) is 7.05 Å². The molecular weight excluding hydrogens is 368 g/mol. The van der Waals surface area contributed by atoms with Crippen molar-refractivity contribution < 1.29 is 19.1 Å². The molecule has 3 rings (SSSR count). The van der Waals surface area contributed by atoms with Crippen LogP contribution in [0.4, 0.5) is 4.79 Å². The van der Waals surface area contributed by atoms with E-state index in [9.17, 15) is 14.4 Å². The van der Waals surface area contributed by atoms with Gasteiger partial charge < -0.3 is 4.74 Å². The van der Waals surface area contributed by atoms with Crippen LogP contribution in [0, 0.1) is 6.92 Å². The minimum absolute atomic E-state index is 0.0361. The maximum absolute atomic E-state index is 13.0. The molecule has 6 heteroatoms. The summed E-state index contributed by atoms with van der Waals surface area (Å²) in [5.41, 5.74) is 1.93. The standard InChI is InChI=1S/C23H20N2O4/c1-16-13-14-24-20(19(16)21(26)18-11-7-4-8-12-18)22(27)25(2)23(28)29-15-17-9-5-3-6-10-17/h3-14H,15H2,1-2H3. The molecule has 146 valence electrons. The van der Waals surface area contributed by atoms with Crippen LogP contribution in [0.15, 0.2) is 72.9 Å². The SMILES string of the molecule is Cc1ccnc(C(=O)N(C)C(=O)OCc2ccccc2)c1C(=O)c1ccccc1. The number of aryl methyl sites for hydroxylation is 1. The summed E-state index contributed by atoms with van der Waals surface area (Å²) in [7, 11) is 1.30. The Morgan fingerprint density at radius 3 is 2.21 bits per heavy atom. The minimum atomic E-state index is -0.819. The van der Waals surface area contributed by atoms with Gasteiger partial charge in [-0.15, -0.1) is 0 Å². The topological polar surface area (TPSA) is 76.6 Å². The summed E-state index contributed by atoms with van der Waals surface area (Å²) in [6, 6.07) is 19.4. The van der Waals surface area contributed by atoms with E-state index in [1.54, 1.807) is 43.3 Å². The average molecular weight is 388 g/mol. The lowest BCUT2D eigenvalue weighted by Gasteiger charge is -2.17. The molecule has 0 aliphatic carbocycles. The number of ketones is 1. The number of carbonyl (C=O) groups is 3. The molecule has 0 bridgehead atoms. The first-order chi connectivity index (χ1) is 14.0. The van der Waals surface area contributed by atoms with Crippen LogP contribution in [-0.4, -0.2) is 34.7 Å². The summed E-state index contributed by atoms with van der Waals surface area (Å²) in [5, 5.41) is 0. The van der Waals surface area contributed by atoms with Gasteiger partial charge in [0.15, 0.2) is 5.78 Å². The molecule has 1 heterocycles. The van der Waals surface area contributed by atoms with Crippen LogP contribution in [0.25, 0.3) is 0 Å². The minimum Gasteiger partial charge on any atom is -0.444 e. The van der Waals surface area contributed by atoms with Gasteiger partial charge in [-0.1, -0.05) is 60.7 Å². The molecule has 29 heavy (non-hydrogen) atoms. The highest BCUT2D eigenvalue weighted by Gasteiger charge is 2.27. The molecule has 6 nitrogen and oxygen atoms in total. The molecule has 0 saturated carbocycles. The number of benzene rings is 2. The summed E-state index contributed by atoms with van der Waals surface area (Å²) in [6.07, 6.45) is 0.619. The molecular formula is C23H20N2O4. The van der Waals surface area contributed by atoms with Gasteiger partial charge in [0.1, 0.15) is 12.3 Å². The second-order valence-corrected chi connectivity index (χ2v) is 6.45. The van der Waals surface area contributed by atoms with Crippen molar-refractivity contribution in [1.82, 2.24) is 9.88 Å². The Hall–Kier alpha value is -3.80. The van der Waals surface area contributed by atoms with Crippen LogP contribution in [0.1, 0.15) is 37.5 Å². The predicted octanol–water partition coefficient (Wildman–Crippen LogP) is 4.03. The zero-order valence-electron chi connectivity index (χ0n) is 16.2. The lowest BCUT2D eigenvalue weighted by Crippen LogP contribution is -2.35. The first kappa shape index (κ1) is 19.9. The van der Waals surface area contributed by atoms with Crippen LogP contribution < -0.4 is 0 Å². The fourth-order valence-corrected chi connectivity index (χ4v) is 2.80. The van der Waals surface area contributed by atoms with Crippen LogP contribution in [0.5, 0.6) is 0 Å². The maximum Gasteiger partial charge on any atom is 0.416 e. The zero-order chi connectivity index (χ0) is 20.8. The number of amides is 2. The Bertz CT molecular complexity index is 1030. The Morgan fingerprint density at radius 2 is 1.55 bits per heavy atom. The summed E-state index contributed by atoms with van der Waals surface area (Å²) in [4.78, 5) is 43.1. The molecule has 0 aliphatic heterocycles. The first-order valence-corrected chi connectivity index (χ1v) is 9.03. The largest absolute Gasteiger partial charge is 0.444 e. The van der Waals surface area contributed by atoms with Crippen LogP contribution in [0.3, 0.4) is 0 Å². The van der Waals surface area contributed by atoms with E-state index in [0.29, 0.717) is 11.1 Å². The van der Waals surface area contributed by atoms with E-state index in [2.05, 4.69) is 4.98 Å². The lowest BCUT2D eigenvalue weighted by atomic mass is 9.97. The smallest absolute Gasteiger partial charge is 0.416 e. The summed E-state index contributed by atoms with van der Waals surface area (Å²) >= 11 is 0. The molecule has 2 aromatic carbocycles. The molecule has 0 radical (unpaired) electrons. The van der Waals surface area contributed by atoms with Gasteiger partial charge in [0.25, 0.3) is 5.91 Å². The number of nitrogens with zero attached hydrogens (tertiary/aromatic N) is 2. The quantitative estimate of drug-likeness (QED) is 0.617. The van der Waals surface area contributed by atoms with Crippen molar-refractivity contribution in [3.63, 3.8) is 0 Å². The van der Waals surface area contributed by atoms with Gasteiger partial charge >= 0.3 is 6.09 Å². The third-order valence-corrected chi connectivity index (χ3v) is 4.41. The van der Waals surface area contributed by atoms with Gasteiger partial charge in [-0.2, -0.15) is 0 Å². The number of aromatic nitrogens is 1. The number of rotatable bonds is 5. The van der Waals surface area contributed by atoms with Gasteiger partial charge in [0.2, 0.25) is 0 Å². The number of imide groups is 1. The van der Waals surface area contributed by atoms with Gasteiger partial charge in [0.05, 0.1) is 5.56 Å². The highest BCUT2D eigenvalue weighted by atomic mass is 16.6. The number of hydrogen-bond donors (Lipinski definition) is 0. The van der Waals surface area contributed by atoms with Crippen LogP contribution >= 0.6 is 0 Å². The summed E-state index contributed by atoms with van der Waals surface area (Å²) in [5.74, 6) is -1.03. The molecule has 0 spiro atoms. The van der Waals surface area contributed by atoms with Crippen molar-refractivity contribution in [2.45, 2.75) is 13.5 Å². The predicted molar refractivity (Wildman–Crippen MR) is 108 cm³/mol. The Kier molecular flexibility index (Phi) is 6.14. The molecule has 1 aromatic heterocycles. The van der Waals surface area contributed by atoms with E-state index < -0.39 is 12.0 Å². The summed E-state index contributed by atoms with van der Waals surface area (Å²) in [6.45, 7) is 1.76. The monoisotopic (exact) mass is 388 g/mol. The second-order valence-electron chi connectivity index (χ2n) is 6.45. The van der Waals surface area contributed by atoms with E-state index in [0.717, 1.165) is 10.5 Å². The van der Waals surface area contributed by atoms with Crippen LogP contribution in [-0.2, 0) is 11.3 Å². The molecule has 0 aliphatic rings. The molecule has 0 N–H and O–H groups in total. The van der Waals surface area contributed by atoms with Crippen molar-refractivity contribution in [1.29, 1.82) is 0 Å². The normalized spacial score (nSPS) is 10.3. The summed E-state index contributed by atoms with van der Waals surface area (Å²) < 4.78 is 5.20. The third kappa shape index (κ3) is 4.55. The van der Waals surface area contributed by atoms with E-state index in [1.165, 1.54) is 13.2 Å². The highest BCUT2D eigenvalue weighted by molar-refractivity contribution is 6.16. The van der Waals surface area contributed by atoms with Crippen molar-refractivity contribution in [2.24, 2.45) is 0 Å². The third-order valence-electron chi connectivity index (χ3n) is 4.41. The zero-order valence-corrected chi connectivity index (χ0v) is 16.2. The molecule has 0 unspecified atom stereocenters. The molecule has 0 fully saturated rings. The molecule has 2 amide bonds. The number of pyridine rings is 1. The average Bonchev–Trinajstić information content (AvgIpc) is 2.77. The number of hydrogen-bond acceptors (Lipinski definition) is 5.